The lowest BCUT2D eigenvalue weighted by Gasteiger charge is -2.22. The molecule has 0 aliphatic carbocycles. The van der Waals surface area contributed by atoms with Gasteiger partial charge in [-0.2, -0.15) is 0 Å². The van der Waals surface area contributed by atoms with Gasteiger partial charge in [-0.1, -0.05) is 32.5 Å². The van der Waals surface area contributed by atoms with Crippen molar-refractivity contribution in [1.82, 2.24) is 0 Å². The van der Waals surface area contributed by atoms with Crippen LogP contribution in [0.4, 0.5) is 0 Å². The van der Waals surface area contributed by atoms with Gasteiger partial charge in [0.05, 0.1) is 5.71 Å². The fourth-order valence-electron chi connectivity index (χ4n) is 1.58. The Morgan fingerprint density at radius 1 is 1.65 bits per heavy atom. The van der Waals surface area contributed by atoms with Crippen molar-refractivity contribution in [2.45, 2.75) is 46.1 Å². The summed E-state index contributed by atoms with van der Waals surface area (Å²) in [6.07, 6.45) is 1.08. The minimum atomic E-state index is -0.922. The molecule has 0 fully saturated rings. The van der Waals surface area contributed by atoms with Crippen LogP contribution in [0.1, 0.15) is 40.5 Å². The summed E-state index contributed by atoms with van der Waals surface area (Å²) >= 11 is 0. The number of oxime groups is 1. The molecule has 4 nitrogen and oxygen atoms in total. The standard InChI is InChI=1S/C13H21NO3/c1-6-13(12(15)16-8-9(2)3)7-11(10(4)5)14-17-13/h10H,2,6-8H2,1,3-5H3. The highest BCUT2D eigenvalue weighted by molar-refractivity contribution is 5.94. The SMILES string of the molecule is C=C(C)COC(=O)C1(CC)CC(C(C)C)=NO1. The van der Waals surface area contributed by atoms with Crippen molar-refractivity contribution < 1.29 is 14.4 Å². The van der Waals surface area contributed by atoms with Crippen LogP contribution in [0.15, 0.2) is 17.3 Å². The van der Waals surface area contributed by atoms with Crippen molar-refractivity contribution >= 4 is 11.7 Å². The average Bonchev–Trinajstić information content (AvgIpc) is 2.71. The van der Waals surface area contributed by atoms with Crippen LogP contribution in [0.5, 0.6) is 0 Å². The van der Waals surface area contributed by atoms with Gasteiger partial charge in [0.1, 0.15) is 6.61 Å². The zero-order chi connectivity index (χ0) is 13.1. The fraction of sp³-hybridized carbons (Fsp3) is 0.692. The zero-order valence-corrected chi connectivity index (χ0v) is 11.1. The molecule has 17 heavy (non-hydrogen) atoms. The van der Waals surface area contributed by atoms with E-state index in [1.165, 1.54) is 0 Å². The number of hydrogen-bond acceptors (Lipinski definition) is 4. The van der Waals surface area contributed by atoms with Crippen LogP contribution in [-0.2, 0) is 14.4 Å². The Balaban J connectivity index is 2.66. The van der Waals surface area contributed by atoms with Crippen LogP contribution < -0.4 is 0 Å². The van der Waals surface area contributed by atoms with E-state index in [1.54, 1.807) is 0 Å². The largest absolute Gasteiger partial charge is 0.458 e. The second kappa shape index (κ2) is 5.34. The van der Waals surface area contributed by atoms with Gasteiger partial charge in [-0.15, -0.1) is 0 Å². The van der Waals surface area contributed by atoms with Gasteiger partial charge in [0.2, 0.25) is 5.60 Å². The molecule has 0 radical (unpaired) electrons. The maximum Gasteiger partial charge on any atom is 0.354 e. The third-order valence-corrected chi connectivity index (χ3v) is 2.86. The van der Waals surface area contributed by atoms with Gasteiger partial charge in [-0.05, 0) is 24.8 Å². The second-order valence-electron chi connectivity index (χ2n) is 4.89. The maximum atomic E-state index is 12.0. The van der Waals surface area contributed by atoms with Crippen molar-refractivity contribution in [3.63, 3.8) is 0 Å². The number of carbonyl (C=O) groups is 1. The van der Waals surface area contributed by atoms with Crippen LogP contribution in [0.2, 0.25) is 0 Å². The summed E-state index contributed by atoms with van der Waals surface area (Å²) in [4.78, 5) is 17.4. The number of rotatable bonds is 5. The first-order chi connectivity index (χ1) is 7.91. The van der Waals surface area contributed by atoms with Gasteiger partial charge < -0.3 is 9.57 Å². The number of hydrogen-bond donors (Lipinski definition) is 0. The van der Waals surface area contributed by atoms with Gasteiger partial charge in [-0.3, -0.25) is 0 Å². The number of nitrogens with zero attached hydrogens (tertiary/aromatic N) is 1. The van der Waals surface area contributed by atoms with Gasteiger partial charge in [0, 0.05) is 6.42 Å². The maximum absolute atomic E-state index is 12.0. The molecule has 96 valence electrons. The Morgan fingerprint density at radius 3 is 2.71 bits per heavy atom. The van der Waals surface area contributed by atoms with Crippen LogP contribution in [0, 0.1) is 5.92 Å². The average molecular weight is 239 g/mol. The lowest BCUT2D eigenvalue weighted by molar-refractivity contribution is -0.168. The fourth-order valence-corrected chi connectivity index (χ4v) is 1.58. The molecule has 0 spiro atoms. The van der Waals surface area contributed by atoms with E-state index in [4.69, 9.17) is 9.57 Å². The van der Waals surface area contributed by atoms with E-state index in [-0.39, 0.29) is 18.5 Å². The van der Waals surface area contributed by atoms with E-state index in [0.29, 0.717) is 12.8 Å². The first-order valence-electron chi connectivity index (χ1n) is 5.98. The Hall–Kier alpha value is -1.32. The summed E-state index contributed by atoms with van der Waals surface area (Å²) in [6.45, 7) is 11.7. The lowest BCUT2D eigenvalue weighted by Crippen LogP contribution is -2.40. The van der Waals surface area contributed by atoms with Crippen LogP contribution in [0.25, 0.3) is 0 Å². The molecule has 0 saturated carbocycles. The van der Waals surface area contributed by atoms with E-state index in [9.17, 15) is 4.79 Å². The highest BCUT2D eigenvalue weighted by atomic mass is 16.7. The van der Waals surface area contributed by atoms with Crippen molar-refractivity contribution in [2.24, 2.45) is 11.1 Å². The molecule has 0 aromatic rings. The monoisotopic (exact) mass is 239 g/mol. The lowest BCUT2D eigenvalue weighted by atomic mass is 9.90. The van der Waals surface area contributed by atoms with Crippen molar-refractivity contribution in [2.75, 3.05) is 6.61 Å². The summed E-state index contributed by atoms with van der Waals surface area (Å²) in [6, 6.07) is 0. The molecule has 1 unspecified atom stereocenters. The third kappa shape index (κ3) is 3.08. The molecule has 1 heterocycles. The van der Waals surface area contributed by atoms with E-state index < -0.39 is 5.60 Å². The molecule has 0 aromatic carbocycles. The summed E-state index contributed by atoms with van der Waals surface area (Å²) in [5.41, 5.74) is 0.807. The third-order valence-electron chi connectivity index (χ3n) is 2.86. The predicted molar refractivity (Wildman–Crippen MR) is 66.8 cm³/mol. The predicted octanol–water partition coefficient (Wildman–Crippen LogP) is 2.69. The van der Waals surface area contributed by atoms with Gasteiger partial charge in [0.15, 0.2) is 0 Å². The number of esters is 1. The first-order valence-corrected chi connectivity index (χ1v) is 5.98. The number of ether oxygens (including phenoxy) is 1. The normalized spacial score (nSPS) is 23.2. The van der Waals surface area contributed by atoms with Gasteiger partial charge in [-0.25, -0.2) is 4.79 Å². The van der Waals surface area contributed by atoms with Crippen LogP contribution >= 0.6 is 0 Å². The highest BCUT2D eigenvalue weighted by Crippen LogP contribution is 2.31. The summed E-state index contributed by atoms with van der Waals surface area (Å²) in [5.74, 6) is -0.0558. The minimum absolute atomic E-state index is 0.237. The number of carbonyl (C=O) groups excluding carboxylic acids is 1. The summed E-state index contributed by atoms with van der Waals surface area (Å²) in [7, 11) is 0. The Bertz CT molecular complexity index is 347. The topological polar surface area (TPSA) is 47.9 Å². The first kappa shape index (κ1) is 13.7. The van der Waals surface area contributed by atoms with Crippen molar-refractivity contribution in [3.05, 3.63) is 12.2 Å². The quantitative estimate of drug-likeness (QED) is 0.547. The molecule has 0 N–H and O–H groups in total. The zero-order valence-electron chi connectivity index (χ0n) is 11.1. The molecular weight excluding hydrogens is 218 g/mol. The van der Waals surface area contributed by atoms with E-state index in [2.05, 4.69) is 11.7 Å². The van der Waals surface area contributed by atoms with Gasteiger partial charge in [0.25, 0.3) is 0 Å². The molecule has 1 aliphatic heterocycles. The molecule has 0 aromatic heterocycles. The van der Waals surface area contributed by atoms with E-state index in [0.717, 1.165) is 11.3 Å². The van der Waals surface area contributed by atoms with Gasteiger partial charge >= 0.3 is 5.97 Å². The van der Waals surface area contributed by atoms with Crippen LogP contribution in [-0.4, -0.2) is 23.9 Å². The Labute approximate surface area is 103 Å². The molecule has 1 atom stereocenters. The molecule has 0 bridgehead atoms. The minimum Gasteiger partial charge on any atom is -0.458 e. The Morgan fingerprint density at radius 2 is 2.29 bits per heavy atom. The molecular formula is C13H21NO3. The van der Waals surface area contributed by atoms with Crippen LogP contribution in [0.3, 0.4) is 0 Å². The molecule has 0 saturated heterocycles. The molecule has 4 heteroatoms. The summed E-state index contributed by atoms with van der Waals surface area (Å²) in [5, 5.41) is 4.00. The Kier molecular flexibility index (Phi) is 4.32. The van der Waals surface area contributed by atoms with Crippen molar-refractivity contribution in [3.8, 4) is 0 Å². The molecule has 1 aliphatic rings. The van der Waals surface area contributed by atoms with E-state index in [1.807, 2.05) is 27.7 Å². The smallest absolute Gasteiger partial charge is 0.354 e. The highest BCUT2D eigenvalue weighted by Gasteiger charge is 2.46. The molecule has 1 rings (SSSR count). The van der Waals surface area contributed by atoms with E-state index >= 15 is 0 Å². The molecule has 0 amide bonds. The summed E-state index contributed by atoms with van der Waals surface area (Å²) < 4.78 is 5.17. The second-order valence-corrected chi connectivity index (χ2v) is 4.89. The van der Waals surface area contributed by atoms with Crippen molar-refractivity contribution in [1.29, 1.82) is 0 Å².